The molecule has 0 fully saturated rings. The lowest BCUT2D eigenvalue weighted by molar-refractivity contribution is 0.992. The first kappa shape index (κ1) is 13.9. The van der Waals surface area contributed by atoms with Gasteiger partial charge in [0.05, 0.1) is 5.39 Å². The van der Waals surface area contributed by atoms with Crippen LogP contribution in [0.1, 0.15) is 18.7 Å². The fourth-order valence-electron chi connectivity index (χ4n) is 1.58. The first-order chi connectivity index (χ1) is 8.63. The quantitative estimate of drug-likeness (QED) is 0.845. The molecule has 0 saturated heterocycles. The Labute approximate surface area is 120 Å². The maximum Gasteiger partial charge on any atom is 0.225 e. The molecule has 0 amide bonds. The summed E-state index contributed by atoms with van der Waals surface area (Å²) >= 11 is 9.48. The van der Waals surface area contributed by atoms with Gasteiger partial charge in [0.25, 0.3) is 0 Å². The highest BCUT2D eigenvalue weighted by Crippen LogP contribution is 2.30. The number of halogens is 1. The number of nitrogens with zero attached hydrogens (tertiary/aromatic N) is 2. The van der Waals surface area contributed by atoms with Crippen LogP contribution < -0.4 is 5.32 Å². The number of anilines is 1. The van der Waals surface area contributed by atoms with Crippen LogP contribution in [0.5, 0.6) is 0 Å². The van der Waals surface area contributed by atoms with Crippen LogP contribution >= 0.6 is 34.7 Å². The number of aryl methyl sites for hydroxylation is 1. The summed E-state index contributed by atoms with van der Waals surface area (Å²) in [6.45, 7) is 5.20. The largest absolute Gasteiger partial charge is 0.368 e. The van der Waals surface area contributed by atoms with Crippen molar-refractivity contribution in [3.8, 4) is 0 Å². The molecular weight excluding hydrogens is 286 g/mol. The smallest absolute Gasteiger partial charge is 0.225 e. The maximum atomic E-state index is 5.96. The molecule has 0 radical (unpaired) electrons. The average molecular weight is 302 g/mol. The van der Waals surface area contributed by atoms with E-state index in [0.717, 1.165) is 29.0 Å². The highest BCUT2D eigenvalue weighted by Gasteiger charge is 2.11. The van der Waals surface area contributed by atoms with Gasteiger partial charge < -0.3 is 5.32 Å². The number of thiophene rings is 1. The Kier molecular flexibility index (Phi) is 4.70. The molecule has 2 aromatic rings. The predicted octanol–water partition coefficient (Wildman–Crippen LogP) is 4.07. The van der Waals surface area contributed by atoms with Crippen molar-refractivity contribution in [1.82, 2.24) is 9.97 Å². The van der Waals surface area contributed by atoms with Crippen LogP contribution in [0.15, 0.2) is 6.07 Å². The van der Waals surface area contributed by atoms with Crippen molar-refractivity contribution in [2.24, 2.45) is 0 Å². The van der Waals surface area contributed by atoms with E-state index < -0.39 is 0 Å². The molecule has 2 aromatic heterocycles. The summed E-state index contributed by atoms with van der Waals surface area (Å²) in [6, 6.07) is 2.16. The summed E-state index contributed by atoms with van der Waals surface area (Å²) in [5.41, 5.74) is 0. The Morgan fingerprint density at radius 3 is 2.94 bits per heavy atom. The zero-order chi connectivity index (χ0) is 13.1. The van der Waals surface area contributed by atoms with Crippen LogP contribution in [-0.2, 0) is 6.42 Å². The van der Waals surface area contributed by atoms with Crippen molar-refractivity contribution in [2.75, 3.05) is 18.1 Å². The van der Waals surface area contributed by atoms with Crippen LogP contribution in [0.3, 0.4) is 0 Å². The van der Waals surface area contributed by atoms with Crippen molar-refractivity contribution in [3.05, 3.63) is 16.2 Å². The summed E-state index contributed by atoms with van der Waals surface area (Å²) in [6.07, 6.45) is 3.12. The van der Waals surface area contributed by atoms with E-state index in [9.17, 15) is 0 Å². The second-order valence-corrected chi connectivity index (χ2v) is 6.78. The van der Waals surface area contributed by atoms with Gasteiger partial charge in [-0.05, 0) is 30.3 Å². The number of aromatic nitrogens is 2. The number of thioether (sulfide) groups is 1. The standard InChI is InChI=1S/C12H16ClN3S2/c1-4-8-5-9-10(14-6-7(2)17-3)15-12(13)16-11(9)18-8/h5,7H,4,6H2,1-3H3,(H,14,15,16). The third-order valence-electron chi connectivity index (χ3n) is 2.72. The van der Waals surface area contributed by atoms with E-state index in [1.807, 2.05) is 11.8 Å². The van der Waals surface area contributed by atoms with Crippen molar-refractivity contribution in [1.29, 1.82) is 0 Å². The van der Waals surface area contributed by atoms with E-state index in [4.69, 9.17) is 11.6 Å². The Morgan fingerprint density at radius 2 is 2.28 bits per heavy atom. The SMILES string of the molecule is CCc1cc2c(NCC(C)SC)nc(Cl)nc2s1. The normalized spacial score (nSPS) is 12.9. The minimum Gasteiger partial charge on any atom is -0.368 e. The fourth-order valence-corrected chi connectivity index (χ4v) is 3.01. The number of nitrogens with one attached hydrogen (secondary N) is 1. The molecule has 0 spiro atoms. The molecule has 2 rings (SSSR count). The van der Waals surface area contributed by atoms with Crippen LogP contribution in [0.2, 0.25) is 5.28 Å². The monoisotopic (exact) mass is 301 g/mol. The summed E-state index contributed by atoms with van der Waals surface area (Å²) in [7, 11) is 0. The molecule has 98 valence electrons. The third kappa shape index (κ3) is 3.08. The Hall–Kier alpha value is -0.520. The van der Waals surface area contributed by atoms with Crippen LogP contribution in [0.4, 0.5) is 5.82 Å². The average Bonchev–Trinajstić information content (AvgIpc) is 2.78. The van der Waals surface area contributed by atoms with Gasteiger partial charge in [-0.15, -0.1) is 11.3 Å². The molecule has 0 bridgehead atoms. The van der Waals surface area contributed by atoms with Crippen LogP contribution in [0.25, 0.3) is 10.2 Å². The molecule has 2 heterocycles. The Bertz CT molecular complexity index is 541. The molecule has 1 atom stereocenters. The fraction of sp³-hybridized carbons (Fsp3) is 0.500. The molecule has 0 saturated carbocycles. The molecule has 1 unspecified atom stereocenters. The van der Waals surface area contributed by atoms with E-state index in [-0.39, 0.29) is 0 Å². The Balaban J connectivity index is 2.32. The number of rotatable bonds is 5. The lowest BCUT2D eigenvalue weighted by Crippen LogP contribution is -2.13. The number of hydrogen-bond acceptors (Lipinski definition) is 5. The number of hydrogen-bond donors (Lipinski definition) is 1. The van der Waals surface area contributed by atoms with E-state index >= 15 is 0 Å². The van der Waals surface area contributed by atoms with Gasteiger partial charge in [0, 0.05) is 16.7 Å². The highest BCUT2D eigenvalue weighted by molar-refractivity contribution is 7.99. The van der Waals surface area contributed by atoms with Gasteiger partial charge in [-0.1, -0.05) is 13.8 Å². The van der Waals surface area contributed by atoms with Crippen molar-refractivity contribution >= 4 is 50.7 Å². The summed E-state index contributed by atoms with van der Waals surface area (Å²) < 4.78 is 0. The van der Waals surface area contributed by atoms with Crippen LogP contribution in [0, 0.1) is 0 Å². The van der Waals surface area contributed by atoms with E-state index in [0.29, 0.717) is 10.5 Å². The molecule has 0 aliphatic carbocycles. The van der Waals surface area contributed by atoms with Crippen LogP contribution in [-0.4, -0.2) is 28.0 Å². The van der Waals surface area contributed by atoms with Crippen molar-refractivity contribution in [2.45, 2.75) is 25.5 Å². The molecule has 1 N–H and O–H groups in total. The molecular formula is C12H16ClN3S2. The third-order valence-corrected chi connectivity index (χ3v) is 5.04. The van der Waals surface area contributed by atoms with E-state index in [2.05, 4.69) is 41.5 Å². The first-order valence-electron chi connectivity index (χ1n) is 5.86. The molecule has 0 aromatic carbocycles. The maximum absolute atomic E-state index is 5.96. The van der Waals surface area contributed by atoms with E-state index in [1.165, 1.54) is 4.88 Å². The van der Waals surface area contributed by atoms with Gasteiger partial charge in [-0.25, -0.2) is 9.97 Å². The molecule has 0 aliphatic rings. The molecule has 3 nitrogen and oxygen atoms in total. The highest BCUT2D eigenvalue weighted by atomic mass is 35.5. The lowest BCUT2D eigenvalue weighted by atomic mass is 10.3. The second kappa shape index (κ2) is 6.08. The number of fused-ring (bicyclic) bond motifs is 1. The zero-order valence-electron chi connectivity index (χ0n) is 10.7. The second-order valence-electron chi connectivity index (χ2n) is 4.05. The molecule has 6 heteroatoms. The van der Waals surface area contributed by atoms with Crippen molar-refractivity contribution in [3.63, 3.8) is 0 Å². The van der Waals surface area contributed by atoms with E-state index in [1.54, 1.807) is 11.3 Å². The summed E-state index contributed by atoms with van der Waals surface area (Å²) in [5.74, 6) is 0.849. The minimum atomic E-state index is 0.311. The van der Waals surface area contributed by atoms with Gasteiger partial charge in [0.1, 0.15) is 10.6 Å². The lowest BCUT2D eigenvalue weighted by Gasteiger charge is -2.11. The van der Waals surface area contributed by atoms with Gasteiger partial charge in [0.2, 0.25) is 5.28 Å². The molecule has 0 aliphatic heterocycles. The van der Waals surface area contributed by atoms with Gasteiger partial charge in [0.15, 0.2) is 0 Å². The Morgan fingerprint density at radius 1 is 1.50 bits per heavy atom. The zero-order valence-corrected chi connectivity index (χ0v) is 13.0. The van der Waals surface area contributed by atoms with Crippen molar-refractivity contribution < 1.29 is 0 Å². The summed E-state index contributed by atoms with van der Waals surface area (Å²) in [4.78, 5) is 10.8. The van der Waals surface area contributed by atoms with Gasteiger partial charge in [-0.3, -0.25) is 0 Å². The topological polar surface area (TPSA) is 37.8 Å². The first-order valence-corrected chi connectivity index (χ1v) is 8.35. The summed E-state index contributed by atoms with van der Waals surface area (Å²) in [5, 5.41) is 5.30. The minimum absolute atomic E-state index is 0.311. The van der Waals surface area contributed by atoms with Gasteiger partial charge in [-0.2, -0.15) is 11.8 Å². The molecule has 18 heavy (non-hydrogen) atoms. The predicted molar refractivity (Wildman–Crippen MR) is 83.3 cm³/mol. The van der Waals surface area contributed by atoms with Gasteiger partial charge >= 0.3 is 0 Å².